The number of benzene rings is 1. The Hall–Kier alpha value is -1.29. The minimum Gasteiger partial charge on any atom is -0.287 e. The van der Waals surface area contributed by atoms with Gasteiger partial charge < -0.3 is 0 Å². The van der Waals surface area contributed by atoms with Gasteiger partial charge in [-0.2, -0.15) is 0 Å². The van der Waals surface area contributed by atoms with Crippen LogP contribution in [-0.2, 0) is 6.54 Å². The normalized spacial score (nSPS) is 11.4. The van der Waals surface area contributed by atoms with Crippen LogP contribution in [0.25, 0.3) is 10.9 Å². The summed E-state index contributed by atoms with van der Waals surface area (Å²) in [6, 6.07) is 7.58. The van der Waals surface area contributed by atoms with Crippen LogP contribution in [0.4, 0.5) is 0 Å². The Morgan fingerprint density at radius 1 is 1.32 bits per heavy atom. The average molecular weight is 276 g/mol. The lowest BCUT2D eigenvalue weighted by atomic mass is 10.1. The Morgan fingerprint density at radius 3 is 2.74 bits per heavy atom. The maximum Gasteiger partial charge on any atom is 0.262 e. The molecule has 0 fully saturated rings. The van der Waals surface area contributed by atoms with E-state index in [-0.39, 0.29) is 5.56 Å². The first kappa shape index (κ1) is 14.1. The van der Waals surface area contributed by atoms with Gasteiger partial charge in [0.2, 0.25) is 0 Å². The standard InChI is InChI=1S/C15H20N2OS/c1-4-19-15-16-13-8-6-5-7-12(13)14(18)17(15)10-9-11(2)3/h5-8,11H,4,9-10H2,1-3H3. The number of thioether (sulfide) groups is 1. The number of para-hydroxylation sites is 1. The molecule has 0 spiro atoms. The molecule has 102 valence electrons. The summed E-state index contributed by atoms with van der Waals surface area (Å²) in [5, 5.41) is 1.55. The number of rotatable bonds is 5. The third-order valence-electron chi connectivity index (χ3n) is 3.03. The molecular weight excluding hydrogens is 256 g/mol. The fourth-order valence-electron chi connectivity index (χ4n) is 1.97. The number of hydrogen-bond acceptors (Lipinski definition) is 3. The van der Waals surface area contributed by atoms with E-state index in [9.17, 15) is 4.79 Å². The quantitative estimate of drug-likeness (QED) is 0.618. The van der Waals surface area contributed by atoms with Crippen LogP contribution in [0.3, 0.4) is 0 Å². The van der Waals surface area contributed by atoms with Gasteiger partial charge in [-0.1, -0.05) is 44.7 Å². The van der Waals surface area contributed by atoms with Gasteiger partial charge in [0, 0.05) is 6.54 Å². The number of aromatic nitrogens is 2. The molecule has 4 heteroatoms. The third kappa shape index (κ3) is 3.18. The second-order valence-electron chi connectivity index (χ2n) is 4.98. The zero-order valence-corrected chi connectivity index (χ0v) is 12.5. The van der Waals surface area contributed by atoms with Crippen molar-refractivity contribution in [1.82, 2.24) is 9.55 Å². The summed E-state index contributed by atoms with van der Waals surface area (Å²) in [5.74, 6) is 1.50. The van der Waals surface area contributed by atoms with Crippen molar-refractivity contribution in [3.63, 3.8) is 0 Å². The van der Waals surface area contributed by atoms with Crippen LogP contribution in [-0.4, -0.2) is 15.3 Å². The number of nitrogens with zero attached hydrogens (tertiary/aromatic N) is 2. The summed E-state index contributed by atoms with van der Waals surface area (Å²) in [6.45, 7) is 7.17. The molecule has 0 aliphatic rings. The van der Waals surface area contributed by atoms with Crippen LogP contribution in [0.1, 0.15) is 27.2 Å². The fourth-order valence-corrected chi connectivity index (χ4v) is 2.72. The van der Waals surface area contributed by atoms with E-state index >= 15 is 0 Å². The van der Waals surface area contributed by atoms with Crippen molar-refractivity contribution in [2.45, 2.75) is 38.9 Å². The second-order valence-corrected chi connectivity index (χ2v) is 6.22. The summed E-state index contributed by atoms with van der Waals surface area (Å²) in [7, 11) is 0. The van der Waals surface area contributed by atoms with Crippen LogP contribution in [0, 0.1) is 5.92 Å². The van der Waals surface area contributed by atoms with Crippen molar-refractivity contribution < 1.29 is 0 Å². The molecule has 1 heterocycles. The first-order valence-electron chi connectivity index (χ1n) is 6.75. The SMILES string of the molecule is CCSc1nc2ccccc2c(=O)n1CCC(C)C. The molecule has 3 nitrogen and oxygen atoms in total. The van der Waals surface area contributed by atoms with Gasteiger partial charge in [-0.15, -0.1) is 0 Å². The summed E-state index contributed by atoms with van der Waals surface area (Å²) < 4.78 is 1.83. The van der Waals surface area contributed by atoms with E-state index in [4.69, 9.17) is 0 Å². The highest BCUT2D eigenvalue weighted by Crippen LogP contribution is 2.18. The lowest BCUT2D eigenvalue weighted by Crippen LogP contribution is -2.24. The van der Waals surface area contributed by atoms with E-state index in [1.54, 1.807) is 11.8 Å². The van der Waals surface area contributed by atoms with Gasteiger partial charge in [0.1, 0.15) is 0 Å². The Labute approximate surface area is 118 Å². The van der Waals surface area contributed by atoms with E-state index < -0.39 is 0 Å². The van der Waals surface area contributed by atoms with Gasteiger partial charge in [0.05, 0.1) is 10.9 Å². The molecule has 0 atom stereocenters. The molecule has 0 aliphatic carbocycles. The Bertz CT molecular complexity index is 619. The molecular formula is C15H20N2OS. The molecule has 2 rings (SSSR count). The maximum absolute atomic E-state index is 12.5. The summed E-state index contributed by atoms with van der Waals surface area (Å²) in [5.41, 5.74) is 0.881. The Morgan fingerprint density at radius 2 is 2.05 bits per heavy atom. The first-order chi connectivity index (χ1) is 9.13. The molecule has 0 amide bonds. The van der Waals surface area contributed by atoms with Crippen molar-refractivity contribution in [1.29, 1.82) is 0 Å². The molecule has 19 heavy (non-hydrogen) atoms. The largest absolute Gasteiger partial charge is 0.287 e. The highest BCUT2D eigenvalue weighted by Gasteiger charge is 2.10. The maximum atomic E-state index is 12.5. The summed E-state index contributed by atoms with van der Waals surface area (Å²) in [6.07, 6.45) is 0.997. The second kappa shape index (κ2) is 6.24. The Kier molecular flexibility index (Phi) is 4.64. The summed E-state index contributed by atoms with van der Waals surface area (Å²) in [4.78, 5) is 17.2. The molecule has 0 unspecified atom stereocenters. The first-order valence-corrected chi connectivity index (χ1v) is 7.74. The van der Waals surface area contributed by atoms with Crippen LogP contribution in [0.5, 0.6) is 0 Å². The van der Waals surface area contributed by atoms with Gasteiger partial charge >= 0.3 is 0 Å². The van der Waals surface area contributed by atoms with Crippen molar-refractivity contribution >= 4 is 22.7 Å². The predicted molar refractivity (Wildman–Crippen MR) is 81.9 cm³/mol. The highest BCUT2D eigenvalue weighted by molar-refractivity contribution is 7.99. The monoisotopic (exact) mass is 276 g/mol. The van der Waals surface area contributed by atoms with Crippen LogP contribution >= 0.6 is 11.8 Å². The van der Waals surface area contributed by atoms with Crippen molar-refractivity contribution in [3.05, 3.63) is 34.6 Å². The zero-order valence-electron chi connectivity index (χ0n) is 11.7. The van der Waals surface area contributed by atoms with Gasteiger partial charge in [-0.25, -0.2) is 4.98 Å². The smallest absolute Gasteiger partial charge is 0.262 e. The Balaban J connectivity index is 2.54. The van der Waals surface area contributed by atoms with Crippen molar-refractivity contribution in [2.24, 2.45) is 5.92 Å². The lowest BCUT2D eigenvalue weighted by molar-refractivity contribution is 0.481. The topological polar surface area (TPSA) is 34.9 Å². The van der Waals surface area contributed by atoms with Crippen LogP contribution in [0.2, 0.25) is 0 Å². The molecule has 0 bridgehead atoms. The third-order valence-corrected chi connectivity index (χ3v) is 3.89. The highest BCUT2D eigenvalue weighted by atomic mass is 32.2. The van der Waals surface area contributed by atoms with Gasteiger partial charge in [0.15, 0.2) is 5.16 Å². The predicted octanol–water partition coefficient (Wildman–Crippen LogP) is 3.55. The van der Waals surface area contributed by atoms with Crippen molar-refractivity contribution in [2.75, 3.05) is 5.75 Å². The van der Waals surface area contributed by atoms with Gasteiger partial charge in [0.25, 0.3) is 5.56 Å². The molecule has 0 radical (unpaired) electrons. The molecule has 2 aromatic rings. The van der Waals surface area contributed by atoms with E-state index in [2.05, 4.69) is 25.8 Å². The molecule has 1 aromatic carbocycles. The number of fused-ring (bicyclic) bond motifs is 1. The lowest BCUT2D eigenvalue weighted by Gasteiger charge is -2.13. The van der Waals surface area contributed by atoms with Crippen LogP contribution < -0.4 is 5.56 Å². The van der Waals surface area contributed by atoms with E-state index in [0.717, 1.165) is 29.4 Å². The van der Waals surface area contributed by atoms with Gasteiger partial charge in [-0.3, -0.25) is 9.36 Å². The zero-order chi connectivity index (χ0) is 13.8. The number of hydrogen-bond donors (Lipinski definition) is 0. The molecule has 1 aromatic heterocycles. The van der Waals surface area contributed by atoms with Gasteiger partial charge in [-0.05, 0) is 30.2 Å². The molecule has 0 saturated heterocycles. The van der Waals surface area contributed by atoms with E-state index in [0.29, 0.717) is 11.3 Å². The van der Waals surface area contributed by atoms with E-state index in [1.165, 1.54) is 0 Å². The fraction of sp³-hybridized carbons (Fsp3) is 0.467. The summed E-state index contributed by atoms with van der Waals surface area (Å²) >= 11 is 1.63. The molecule has 0 saturated carbocycles. The minimum atomic E-state index is 0.0854. The van der Waals surface area contributed by atoms with E-state index in [1.807, 2.05) is 28.8 Å². The molecule has 0 N–H and O–H groups in total. The van der Waals surface area contributed by atoms with Crippen molar-refractivity contribution in [3.8, 4) is 0 Å². The average Bonchev–Trinajstić information content (AvgIpc) is 2.38. The molecule has 0 aliphatic heterocycles. The van der Waals surface area contributed by atoms with Crippen LogP contribution in [0.15, 0.2) is 34.2 Å². The minimum absolute atomic E-state index is 0.0854.